The first-order valence-electron chi connectivity index (χ1n) is 8.04. The van der Waals surface area contributed by atoms with Crippen molar-refractivity contribution in [3.63, 3.8) is 0 Å². The maximum absolute atomic E-state index is 13.9. The van der Waals surface area contributed by atoms with Crippen molar-refractivity contribution in [2.24, 2.45) is 0 Å². The topological polar surface area (TPSA) is 53.6 Å². The number of hydrogen-bond donors (Lipinski definition) is 1. The number of aromatic amines is 1. The van der Waals surface area contributed by atoms with E-state index in [4.69, 9.17) is 9.47 Å². The average Bonchev–Trinajstić information content (AvgIpc) is 3.10. The predicted molar refractivity (Wildman–Crippen MR) is 90.4 cm³/mol. The SMILES string of the molecule is COC(CN1CCN(c2cc(-c3ccccc3F)[nH]n2)CC1)OC. The lowest BCUT2D eigenvalue weighted by Crippen LogP contribution is -2.49. The van der Waals surface area contributed by atoms with Crippen LogP contribution in [0.4, 0.5) is 10.2 Å². The van der Waals surface area contributed by atoms with Crippen molar-refractivity contribution < 1.29 is 13.9 Å². The van der Waals surface area contributed by atoms with Crippen LogP contribution in [0.25, 0.3) is 11.3 Å². The number of piperazine rings is 1. The number of anilines is 1. The van der Waals surface area contributed by atoms with Crippen molar-refractivity contribution in [2.75, 3.05) is 51.8 Å². The summed E-state index contributed by atoms with van der Waals surface area (Å²) in [4.78, 5) is 4.50. The van der Waals surface area contributed by atoms with Gasteiger partial charge in [-0.3, -0.25) is 10.00 Å². The second kappa shape index (κ2) is 7.74. The van der Waals surface area contributed by atoms with Crippen LogP contribution < -0.4 is 4.90 Å². The van der Waals surface area contributed by atoms with Gasteiger partial charge >= 0.3 is 0 Å². The second-order valence-corrected chi connectivity index (χ2v) is 5.81. The number of benzene rings is 1. The van der Waals surface area contributed by atoms with Gasteiger partial charge in [-0.1, -0.05) is 12.1 Å². The number of nitrogens with one attached hydrogen (secondary N) is 1. The number of methoxy groups -OCH3 is 2. The van der Waals surface area contributed by atoms with Gasteiger partial charge in [0.05, 0.1) is 5.69 Å². The first-order valence-corrected chi connectivity index (χ1v) is 8.04. The summed E-state index contributed by atoms with van der Waals surface area (Å²) in [6, 6.07) is 8.61. The van der Waals surface area contributed by atoms with Crippen molar-refractivity contribution in [1.29, 1.82) is 0 Å². The highest BCUT2D eigenvalue weighted by Gasteiger charge is 2.21. The fourth-order valence-electron chi connectivity index (χ4n) is 2.91. The minimum atomic E-state index is -0.248. The Kier molecular flexibility index (Phi) is 5.44. The number of rotatable bonds is 6. The summed E-state index contributed by atoms with van der Waals surface area (Å²) in [5.41, 5.74) is 1.24. The molecule has 1 aromatic heterocycles. The van der Waals surface area contributed by atoms with E-state index in [0.717, 1.165) is 38.5 Å². The van der Waals surface area contributed by atoms with Crippen molar-refractivity contribution in [1.82, 2.24) is 15.1 Å². The van der Waals surface area contributed by atoms with E-state index in [0.29, 0.717) is 11.3 Å². The van der Waals surface area contributed by atoms with Crippen molar-refractivity contribution in [2.45, 2.75) is 6.29 Å². The molecule has 0 bridgehead atoms. The highest BCUT2D eigenvalue weighted by atomic mass is 19.1. The summed E-state index contributed by atoms with van der Waals surface area (Å²) < 4.78 is 24.4. The summed E-state index contributed by atoms with van der Waals surface area (Å²) in [7, 11) is 3.30. The second-order valence-electron chi connectivity index (χ2n) is 5.81. The maximum atomic E-state index is 13.9. The molecule has 0 atom stereocenters. The monoisotopic (exact) mass is 334 g/mol. The molecule has 1 fully saturated rings. The molecule has 1 aliphatic heterocycles. The Morgan fingerprint density at radius 2 is 1.88 bits per heavy atom. The summed E-state index contributed by atoms with van der Waals surface area (Å²) >= 11 is 0. The van der Waals surface area contributed by atoms with E-state index in [-0.39, 0.29) is 12.1 Å². The number of H-pyrrole nitrogens is 1. The summed E-state index contributed by atoms with van der Waals surface area (Å²) in [6.07, 6.45) is -0.199. The van der Waals surface area contributed by atoms with Gasteiger partial charge in [0, 0.05) is 58.6 Å². The highest BCUT2D eigenvalue weighted by Crippen LogP contribution is 2.24. The molecule has 0 unspecified atom stereocenters. The largest absolute Gasteiger partial charge is 0.355 e. The first-order chi connectivity index (χ1) is 11.7. The molecule has 7 heteroatoms. The number of ether oxygens (including phenoxy) is 2. The number of nitrogens with zero attached hydrogens (tertiary/aromatic N) is 3. The third-order valence-corrected chi connectivity index (χ3v) is 4.36. The Morgan fingerprint density at radius 3 is 2.54 bits per heavy atom. The Labute approximate surface area is 141 Å². The molecule has 0 saturated carbocycles. The van der Waals surface area contributed by atoms with Crippen LogP contribution in [0.15, 0.2) is 30.3 Å². The normalized spacial score (nSPS) is 16.1. The molecule has 6 nitrogen and oxygen atoms in total. The van der Waals surface area contributed by atoms with Gasteiger partial charge in [0.25, 0.3) is 0 Å². The molecule has 130 valence electrons. The Bertz CT molecular complexity index is 652. The zero-order chi connectivity index (χ0) is 16.9. The van der Waals surface area contributed by atoms with Crippen LogP contribution in [0.3, 0.4) is 0 Å². The molecular formula is C17H23FN4O2. The van der Waals surface area contributed by atoms with Crippen molar-refractivity contribution in [3.8, 4) is 11.3 Å². The molecule has 0 radical (unpaired) electrons. The molecule has 1 saturated heterocycles. The standard InChI is InChI=1S/C17H23FN4O2/c1-23-17(24-2)12-21-7-9-22(10-8-21)16-11-15(19-20-16)13-5-3-4-6-14(13)18/h3-6,11,17H,7-10,12H2,1-2H3,(H,19,20). The van der Waals surface area contributed by atoms with Crippen LogP contribution >= 0.6 is 0 Å². The van der Waals surface area contributed by atoms with Crippen LogP contribution in [-0.2, 0) is 9.47 Å². The Hall–Kier alpha value is -1.96. The molecule has 3 rings (SSSR count). The van der Waals surface area contributed by atoms with Crippen molar-refractivity contribution >= 4 is 5.82 Å². The number of hydrogen-bond acceptors (Lipinski definition) is 5. The zero-order valence-corrected chi connectivity index (χ0v) is 14.0. The highest BCUT2D eigenvalue weighted by molar-refractivity contribution is 5.63. The molecule has 2 aromatic rings. The zero-order valence-electron chi connectivity index (χ0n) is 14.0. The molecule has 1 aliphatic rings. The van der Waals surface area contributed by atoms with E-state index in [9.17, 15) is 4.39 Å². The van der Waals surface area contributed by atoms with Crippen LogP contribution in [0.2, 0.25) is 0 Å². The van der Waals surface area contributed by atoms with Gasteiger partial charge in [0.2, 0.25) is 0 Å². The molecule has 1 N–H and O–H groups in total. The van der Waals surface area contributed by atoms with Gasteiger partial charge in [-0.25, -0.2) is 4.39 Å². The summed E-state index contributed by atoms with van der Waals surface area (Å²) in [6.45, 7) is 4.29. The van der Waals surface area contributed by atoms with Crippen molar-refractivity contribution in [3.05, 3.63) is 36.1 Å². The fraction of sp³-hybridized carbons (Fsp3) is 0.471. The third kappa shape index (κ3) is 3.75. The van der Waals surface area contributed by atoms with E-state index in [1.807, 2.05) is 12.1 Å². The van der Waals surface area contributed by atoms with Crippen LogP contribution in [0.1, 0.15) is 0 Å². The lowest BCUT2D eigenvalue weighted by molar-refractivity contribution is -0.116. The maximum Gasteiger partial charge on any atom is 0.169 e. The third-order valence-electron chi connectivity index (χ3n) is 4.36. The van der Waals surface area contributed by atoms with Gasteiger partial charge in [-0.15, -0.1) is 0 Å². The van der Waals surface area contributed by atoms with E-state index in [1.165, 1.54) is 6.07 Å². The minimum Gasteiger partial charge on any atom is -0.355 e. The quantitative estimate of drug-likeness (QED) is 0.819. The molecule has 0 amide bonds. The van der Waals surface area contributed by atoms with Gasteiger partial charge in [0.15, 0.2) is 12.1 Å². The first kappa shape index (κ1) is 16.9. The smallest absolute Gasteiger partial charge is 0.169 e. The summed E-state index contributed by atoms with van der Waals surface area (Å²) in [5, 5.41) is 7.28. The van der Waals surface area contributed by atoms with Crippen LogP contribution in [-0.4, -0.2) is 68.3 Å². The van der Waals surface area contributed by atoms with E-state index < -0.39 is 0 Å². The molecular weight excluding hydrogens is 311 g/mol. The lowest BCUT2D eigenvalue weighted by Gasteiger charge is -2.35. The van der Waals surface area contributed by atoms with Crippen LogP contribution in [0, 0.1) is 5.82 Å². The predicted octanol–water partition coefficient (Wildman–Crippen LogP) is 1.96. The molecule has 1 aromatic carbocycles. The summed E-state index contributed by atoms with van der Waals surface area (Å²) in [5.74, 6) is 0.602. The Balaban J connectivity index is 1.61. The fourth-order valence-corrected chi connectivity index (χ4v) is 2.91. The van der Waals surface area contributed by atoms with Gasteiger partial charge in [-0.05, 0) is 12.1 Å². The Morgan fingerprint density at radius 1 is 1.17 bits per heavy atom. The molecule has 0 spiro atoms. The van der Waals surface area contributed by atoms with Gasteiger partial charge < -0.3 is 14.4 Å². The van der Waals surface area contributed by atoms with E-state index in [1.54, 1.807) is 26.4 Å². The molecule has 2 heterocycles. The van der Waals surface area contributed by atoms with E-state index >= 15 is 0 Å². The lowest BCUT2D eigenvalue weighted by atomic mass is 10.1. The number of halogens is 1. The van der Waals surface area contributed by atoms with Gasteiger partial charge in [-0.2, -0.15) is 5.10 Å². The van der Waals surface area contributed by atoms with E-state index in [2.05, 4.69) is 20.0 Å². The molecule has 0 aliphatic carbocycles. The number of aromatic nitrogens is 2. The van der Waals surface area contributed by atoms with Crippen LogP contribution in [0.5, 0.6) is 0 Å². The average molecular weight is 334 g/mol. The van der Waals surface area contributed by atoms with Gasteiger partial charge in [0.1, 0.15) is 5.82 Å². The minimum absolute atomic E-state index is 0.199. The molecule has 24 heavy (non-hydrogen) atoms.